The lowest BCUT2D eigenvalue weighted by molar-refractivity contribution is 0.485. The minimum Gasteiger partial charge on any atom is -0.246 e. The van der Waals surface area contributed by atoms with E-state index in [0.717, 1.165) is 11.5 Å². The Morgan fingerprint density at radius 2 is 1.53 bits per heavy atom. The van der Waals surface area contributed by atoms with E-state index in [1.807, 2.05) is 12.1 Å². The standard InChI is InChI=1S/C14H19F/c15-11-12-7-9-14(10-8-12)13-5-3-1-2-4-6-13/h7-10,13H,1-6,11H2. The highest BCUT2D eigenvalue weighted by Gasteiger charge is 2.13. The third kappa shape index (κ3) is 2.80. The van der Waals surface area contributed by atoms with Crippen molar-refractivity contribution in [1.82, 2.24) is 0 Å². The third-order valence-corrected chi connectivity index (χ3v) is 3.46. The number of halogens is 1. The fourth-order valence-electron chi connectivity index (χ4n) is 2.49. The van der Waals surface area contributed by atoms with Crippen LogP contribution in [0, 0.1) is 0 Å². The van der Waals surface area contributed by atoms with E-state index in [0.29, 0.717) is 0 Å². The van der Waals surface area contributed by atoms with Gasteiger partial charge in [0.1, 0.15) is 6.67 Å². The summed E-state index contributed by atoms with van der Waals surface area (Å²) in [6.45, 7) is -0.342. The smallest absolute Gasteiger partial charge is 0.115 e. The predicted octanol–water partition coefficient (Wildman–Crippen LogP) is 4.59. The molecule has 0 saturated heterocycles. The molecule has 0 atom stereocenters. The van der Waals surface area contributed by atoms with E-state index in [2.05, 4.69) is 12.1 Å². The lowest BCUT2D eigenvalue weighted by atomic mass is 9.91. The van der Waals surface area contributed by atoms with Gasteiger partial charge in [0, 0.05) is 0 Å². The minimum atomic E-state index is -0.342. The van der Waals surface area contributed by atoms with Crippen molar-refractivity contribution in [2.75, 3.05) is 0 Å². The van der Waals surface area contributed by atoms with E-state index in [1.165, 1.54) is 44.1 Å². The minimum absolute atomic E-state index is 0.342. The van der Waals surface area contributed by atoms with Gasteiger partial charge in [-0.05, 0) is 29.9 Å². The molecule has 0 radical (unpaired) electrons. The maximum absolute atomic E-state index is 12.4. The van der Waals surface area contributed by atoms with Gasteiger partial charge in [0.2, 0.25) is 0 Å². The molecule has 1 saturated carbocycles. The van der Waals surface area contributed by atoms with Crippen molar-refractivity contribution in [1.29, 1.82) is 0 Å². The first-order chi connectivity index (χ1) is 7.40. The molecule has 1 aromatic carbocycles. The first kappa shape index (κ1) is 10.7. The maximum atomic E-state index is 12.4. The summed E-state index contributed by atoms with van der Waals surface area (Å²) in [4.78, 5) is 0. The molecule has 2 rings (SSSR count). The molecule has 0 bridgehead atoms. The quantitative estimate of drug-likeness (QED) is 0.621. The number of rotatable bonds is 2. The average molecular weight is 206 g/mol. The molecule has 0 aliphatic heterocycles. The Labute approximate surface area is 91.5 Å². The molecule has 0 heterocycles. The molecule has 0 aromatic heterocycles. The van der Waals surface area contributed by atoms with Crippen LogP contribution >= 0.6 is 0 Å². The molecule has 0 unspecified atom stereocenters. The number of hydrogen-bond acceptors (Lipinski definition) is 0. The normalized spacial score (nSPS) is 18.7. The van der Waals surface area contributed by atoms with Gasteiger partial charge in [-0.3, -0.25) is 0 Å². The van der Waals surface area contributed by atoms with Gasteiger partial charge >= 0.3 is 0 Å². The van der Waals surface area contributed by atoms with Gasteiger partial charge in [-0.25, -0.2) is 4.39 Å². The molecule has 1 fully saturated rings. The van der Waals surface area contributed by atoms with Crippen molar-refractivity contribution in [2.45, 2.75) is 51.1 Å². The van der Waals surface area contributed by atoms with Crippen LogP contribution in [-0.4, -0.2) is 0 Å². The molecular weight excluding hydrogens is 187 g/mol. The second-order valence-corrected chi connectivity index (χ2v) is 4.56. The highest BCUT2D eigenvalue weighted by molar-refractivity contribution is 5.25. The van der Waals surface area contributed by atoms with Gasteiger partial charge < -0.3 is 0 Å². The fourth-order valence-corrected chi connectivity index (χ4v) is 2.49. The monoisotopic (exact) mass is 206 g/mol. The number of alkyl halides is 1. The topological polar surface area (TPSA) is 0 Å². The molecular formula is C14H19F. The summed E-state index contributed by atoms with van der Waals surface area (Å²) in [5.41, 5.74) is 2.21. The van der Waals surface area contributed by atoms with Crippen LogP contribution in [0.5, 0.6) is 0 Å². The Kier molecular flexibility index (Phi) is 3.76. The van der Waals surface area contributed by atoms with Crippen LogP contribution in [0.1, 0.15) is 55.6 Å². The summed E-state index contributed by atoms with van der Waals surface area (Å²) in [5, 5.41) is 0. The van der Waals surface area contributed by atoms with E-state index in [-0.39, 0.29) is 6.67 Å². The first-order valence-corrected chi connectivity index (χ1v) is 6.05. The Hall–Kier alpha value is -0.850. The number of hydrogen-bond donors (Lipinski definition) is 0. The van der Waals surface area contributed by atoms with E-state index in [4.69, 9.17) is 0 Å². The Morgan fingerprint density at radius 1 is 0.933 bits per heavy atom. The lowest BCUT2D eigenvalue weighted by Crippen LogP contribution is -1.97. The lowest BCUT2D eigenvalue weighted by Gasteiger charge is -2.14. The van der Waals surface area contributed by atoms with Crippen molar-refractivity contribution < 1.29 is 4.39 Å². The second-order valence-electron chi connectivity index (χ2n) is 4.56. The maximum Gasteiger partial charge on any atom is 0.115 e. The van der Waals surface area contributed by atoms with E-state index in [9.17, 15) is 4.39 Å². The van der Waals surface area contributed by atoms with Crippen molar-refractivity contribution in [3.63, 3.8) is 0 Å². The van der Waals surface area contributed by atoms with Gasteiger partial charge in [0.25, 0.3) is 0 Å². The summed E-state index contributed by atoms with van der Waals surface area (Å²) < 4.78 is 12.4. The summed E-state index contributed by atoms with van der Waals surface area (Å²) in [6.07, 6.45) is 8.12. The molecule has 15 heavy (non-hydrogen) atoms. The van der Waals surface area contributed by atoms with Crippen LogP contribution in [-0.2, 0) is 6.67 Å². The van der Waals surface area contributed by atoms with Crippen molar-refractivity contribution >= 4 is 0 Å². The molecule has 0 N–H and O–H groups in total. The van der Waals surface area contributed by atoms with Gasteiger partial charge in [0.15, 0.2) is 0 Å². The van der Waals surface area contributed by atoms with Gasteiger partial charge in [0.05, 0.1) is 0 Å². The summed E-state index contributed by atoms with van der Waals surface area (Å²) in [7, 11) is 0. The molecule has 0 nitrogen and oxygen atoms in total. The van der Waals surface area contributed by atoms with Gasteiger partial charge in [-0.2, -0.15) is 0 Å². The largest absolute Gasteiger partial charge is 0.246 e. The second kappa shape index (κ2) is 5.29. The van der Waals surface area contributed by atoms with Crippen LogP contribution in [0.15, 0.2) is 24.3 Å². The van der Waals surface area contributed by atoms with E-state index < -0.39 is 0 Å². The first-order valence-electron chi connectivity index (χ1n) is 6.05. The summed E-state index contributed by atoms with van der Waals surface area (Å²) in [5.74, 6) is 0.723. The zero-order valence-electron chi connectivity index (χ0n) is 9.21. The van der Waals surface area contributed by atoms with Crippen LogP contribution in [0.3, 0.4) is 0 Å². The molecule has 1 aromatic rings. The third-order valence-electron chi connectivity index (χ3n) is 3.46. The van der Waals surface area contributed by atoms with Gasteiger partial charge in [-0.1, -0.05) is 49.9 Å². The van der Waals surface area contributed by atoms with E-state index in [1.54, 1.807) is 0 Å². The van der Waals surface area contributed by atoms with Crippen molar-refractivity contribution in [3.05, 3.63) is 35.4 Å². The highest BCUT2D eigenvalue weighted by atomic mass is 19.1. The van der Waals surface area contributed by atoms with Crippen LogP contribution < -0.4 is 0 Å². The summed E-state index contributed by atoms with van der Waals surface area (Å²) in [6, 6.07) is 8.09. The molecule has 0 spiro atoms. The van der Waals surface area contributed by atoms with Crippen LogP contribution in [0.4, 0.5) is 4.39 Å². The van der Waals surface area contributed by atoms with Crippen molar-refractivity contribution in [3.8, 4) is 0 Å². The van der Waals surface area contributed by atoms with Gasteiger partial charge in [-0.15, -0.1) is 0 Å². The zero-order chi connectivity index (χ0) is 10.5. The fraction of sp³-hybridized carbons (Fsp3) is 0.571. The summed E-state index contributed by atoms with van der Waals surface area (Å²) >= 11 is 0. The predicted molar refractivity (Wildman–Crippen MR) is 61.7 cm³/mol. The molecule has 82 valence electrons. The Morgan fingerprint density at radius 3 is 2.07 bits per heavy atom. The Bertz CT molecular complexity index is 281. The molecule has 0 amide bonds. The SMILES string of the molecule is FCc1ccc(C2CCCCCC2)cc1. The Balaban J connectivity index is 2.06. The van der Waals surface area contributed by atoms with Crippen LogP contribution in [0.2, 0.25) is 0 Å². The average Bonchev–Trinajstić information content (AvgIpc) is 2.58. The molecule has 1 aliphatic rings. The highest BCUT2D eigenvalue weighted by Crippen LogP contribution is 2.31. The molecule has 1 heteroatoms. The van der Waals surface area contributed by atoms with Crippen molar-refractivity contribution in [2.24, 2.45) is 0 Å². The van der Waals surface area contributed by atoms with E-state index >= 15 is 0 Å². The number of benzene rings is 1. The van der Waals surface area contributed by atoms with Crippen LogP contribution in [0.25, 0.3) is 0 Å². The zero-order valence-corrected chi connectivity index (χ0v) is 9.21. The molecule has 1 aliphatic carbocycles.